The molecular formula is C11H13BrO. The largest absolute Gasteiger partial charge is 0.392 e. The summed E-state index contributed by atoms with van der Waals surface area (Å²) < 4.78 is 0. The molecule has 2 heteroatoms. The smallest absolute Gasteiger partial charge is 0.0682 e. The summed E-state index contributed by atoms with van der Waals surface area (Å²) in [6.07, 6.45) is 4.10. The Labute approximate surface area is 87.2 Å². The van der Waals surface area contributed by atoms with Crippen molar-refractivity contribution in [2.45, 2.75) is 13.5 Å². The van der Waals surface area contributed by atoms with Crippen molar-refractivity contribution in [1.29, 1.82) is 0 Å². The van der Waals surface area contributed by atoms with Gasteiger partial charge in [0.25, 0.3) is 0 Å². The molecule has 0 saturated carbocycles. The maximum Gasteiger partial charge on any atom is 0.0682 e. The summed E-state index contributed by atoms with van der Waals surface area (Å²) in [6.45, 7) is 2.17. The van der Waals surface area contributed by atoms with Crippen LogP contribution in [0.3, 0.4) is 0 Å². The number of hydrogen-bond donors (Lipinski definition) is 1. The van der Waals surface area contributed by atoms with Gasteiger partial charge in [0.15, 0.2) is 0 Å². The molecule has 0 saturated heterocycles. The molecule has 0 aliphatic carbocycles. The maximum absolute atomic E-state index is 8.94. The lowest BCUT2D eigenvalue weighted by Crippen LogP contribution is -1.87. The summed E-state index contributed by atoms with van der Waals surface area (Å²) in [4.78, 5) is 0. The molecule has 13 heavy (non-hydrogen) atoms. The van der Waals surface area contributed by atoms with E-state index in [4.69, 9.17) is 5.11 Å². The monoisotopic (exact) mass is 240 g/mol. The van der Waals surface area contributed by atoms with Crippen LogP contribution in [0.15, 0.2) is 24.3 Å². The Morgan fingerprint density at radius 2 is 2.23 bits per heavy atom. The SMILES string of the molecule is Cc1ccc(CO)cc1C=CCBr. The molecule has 0 atom stereocenters. The third-order valence-electron chi connectivity index (χ3n) is 1.91. The lowest BCUT2D eigenvalue weighted by molar-refractivity contribution is 0.282. The van der Waals surface area contributed by atoms with Crippen LogP contribution in [0, 0.1) is 6.92 Å². The number of aliphatic hydroxyl groups is 1. The zero-order valence-corrected chi connectivity index (χ0v) is 9.21. The van der Waals surface area contributed by atoms with Crippen molar-refractivity contribution in [1.82, 2.24) is 0 Å². The summed E-state index contributed by atoms with van der Waals surface area (Å²) in [5.74, 6) is 0. The van der Waals surface area contributed by atoms with Crippen LogP contribution in [0.1, 0.15) is 16.7 Å². The van der Waals surface area contributed by atoms with E-state index in [1.54, 1.807) is 0 Å². The van der Waals surface area contributed by atoms with Gasteiger partial charge in [0.2, 0.25) is 0 Å². The Hall–Kier alpha value is -0.600. The number of benzene rings is 1. The van der Waals surface area contributed by atoms with E-state index < -0.39 is 0 Å². The van der Waals surface area contributed by atoms with Gasteiger partial charge in [0, 0.05) is 5.33 Å². The molecule has 0 aromatic heterocycles. The van der Waals surface area contributed by atoms with E-state index in [2.05, 4.69) is 28.9 Å². The molecule has 0 aliphatic rings. The molecular weight excluding hydrogens is 228 g/mol. The van der Waals surface area contributed by atoms with Crippen LogP contribution in [0.5, 0.6) is 0 Å². The van der Waals surface area contributed by atoms with Gasteiger partial charge >= 0.3 is 0 Å². The summed E-state index contributed by atoms with van der Waals surface area (Å²) >= 11 is 3.33. The fourth-order valence-electron chi connectivity index (χ4n) is 1.14. The lowest BCUT2D eigenvalue weighted by Gasteiger charge is -2.02. The molecule has 1 rings (SSSR count). The quantitative estimate of drug-likeness (QED) is 0.806. The van der Waals surface area contributed by atoms with Crippen molar-refractivity contribution >= 4 is 22.0 Å². The van der Waals surface area contributed by atoms with Gasteiger partial charge in [0.05, 0.1) is 6.61 Å². The minimum atomic E-state index is 0.107. The van der Waals surface area contributed by atoms with Gasteiger partial charge in [-0.05, 0) is 29.7 Å². The molecule has 0 bridgehead atoms. The minimum absolute atomic E-state index is 0.107. The molecule has 1 nitrogen and oxygen atoms in total. The average molecular weight is 241 g/mol. The summed E-state index contributed by atoms with van der Waals surface area (Å²) in [6, 6.07) is 5.98. The third kappa shape index (κ3) is 2.98. The summed E-state index contributed by atoms with van der Waals surface area (Å²) in [7, 11) is 0. The fourth-order valence-corrected chi connectivity index (χ4v) is 1.33. The maximum atomic E-state index is 8.94. The number of alkyl halides is 1. The number of rotatable bonds is 3. The highest BCUT2D eigenvalue weighted by Gasteiger charge is 1.95. The summed E-state index contributed by atoms with van der Waals surface area (Å²) in [5.41, 5.74) is 3.36. The highest BCUT2D eigenvalue weighted by atomic mass is 79.9. The molecule has 1 aromatic carbocycles. The van der Waals surface area contributed by atoms with Crippen LogP contribution in [-0.2, 0) is 6.61 Å². The lowest BCUT2D eigenvalue weighted by atomic mass is 10.1. The van der Waals surface area contributed by atoms with E-state index in [-0.39, 0.29) is 6.61 Å². The number of hydrogen-bond acceptors (Lipinski definition) is 1. The van der Waals surface area contributed by atoms with Crippen LogP contribution in [0.4, 0.5) is 0 Å². The van der Waals surface area contributed by atoms with Gasteiger partial charge in [-0.15, -0.1) is 0 Å². The third-order valence-corrected chi connectivity index (χ3v) is 2.29. The van der Waals surface area contributed by atoms with Crippen molar-refractivity contribution in [3.8, 4) is 0 Å². The van der Waals surface area contributed by atoms with Gasteiger partial charge in [-0.25, -0.2) is 0 Å². The molecule has 0 unspecified atom stereocenters. The zero-order chi connectivity index (χ0) is 9.68. The molecule has 0 amide bonds. The van der Waals surface area contributed by atoms with E-state index >= 15 is 0 Å². The first-order valence-electron chi connectivity index (χ1n) is 4.21. The molecule has 0 fully saturated rings. The predicted octanol–water partition coefficient (Wildman–Crippen LogP) is 2.90. The van der Waals surface area contributed by atoms with Gasteiger partial charge in [0.1, 0.15) is 0 Å². The normalized spacial score (nSPS) is 11.0. The molecule has 0 spiro atoms. The van der Waals surface area contributed by atoms with Crippen molar-refractivity contribution in [3.63, 3.8) is 0 Å². The number of aliphatic hydroxyl groups excluding tert-OH is 1. The highest BCUT2D eigenvalue weighted by Crippen LogP contribution is 2.13. The van der Waals surface area contributed by atoms with Crippen molar-refractivity contribution in [2.75, 3.05) is 5.33 Å². The number of aryl methyl sites for hydroxylation is 1. The van der Waals surface area contributed by atoms with E-state index in [1.807, 2.05) is 24.3 Å². The minimum Gasteiger partial charge on any atom is -0.392 e. The Balaban J connectivity index is 2.97. The molecule has 0 heterocycles. The second kappa shape index (κ2) is 5.20. The zero-order valence-electron chi connectivity index (χ0n) is 7.63. The van der Waals surface area contributed by atoms with Gasteiger partial charge in [-0.2, -0.15) is 0 Å². The Kier molecular flexibility index (Phi) is 4.19. The number of halogens is 1. The van der Waals surface area contributed by atoms with Gasteiger partial charge < -0.3 is 5.11 Å². The second-order valence-corrected chi connectivity index (χ2v) is 3.55. The van der Waals surface area contributed by atoms with Crippen LogP contribution in [-0.4, -0.2) is 10.4 Å². The van der Waals surface area contributed by atoms with Crippen molar-refractivity contribution < 1.29 is 5.11 Å². The average Bonchev–Trinajstić information content (AvgIpc) is 2.17. The van der Waals surface area contributed by atoms with Gasteiger partial charge in [-0.1, -0.05) is 40.2 Å². The molecule has 0 radical (unpaired) electrons. The van der Waals surface area contributed by atoms with Crippen molar-refractivity contribution in [3.05, 3.63) is 41.0 Å². The fraction of sp³-hybridized carbons (Fsp3) is 0.273. The predicted molar refractivity (Wildman–Crippen MR) is 59.9 cm³/mol. The first kappa shape index (κ1) is 10.5. The highest BCUT2D eigenvalue weighted by molar-refractivity contribution is 9.09. The standard InChI is InChI=1S/C11H13BrO/c1-9-4-5-10(8-13)7-11(9)3-2-6-12/h2-5,7,13H,6,8H2,1H3. The first-order chi connectivity index (χ1) is 6.27. The van der Waals surface area contributed by atoms with Crippen LogP contribution in [0.25, 0.3) is 6.08 Å². The Morgan fingerprint density at radius 3 is 2.85 bits per heavy atom. The molecule has 70 valence electrons. The van der Waals surface area contributed by atoms with Crippen LogP contribution >= 0.6 is 15.9 Å². The van der Waals surface area contributed by atoms with Crippen molar-refractivity contribution in [2.24, 2.45) is 0 Å². The van der Waals surface area contributed by atoms with Crippen LogP contribution < -0.4 is 0 Å². The topological polar surface area (TPSA) is 20.2 Å². The summed E-state index contributed by atoms with van der Waals surface area (Å²) in [5, 5.41) is 9.80. The van der Waals surface area contributed by atoms with E-state index in [0.717, 1.165) is 10.9 Å². The molecule has 0 aliphatic heterocycles. The van der Waals surface area contributed by atoms with Gasteiger partial charge in [-0.3, -0.25) is 0 Å². The van der Waals surface area contributed by atoms with E-state index in [1.165, 1.54) is 11.1 Å². The number of allylic oxidation sites excluding steroid dienone is 1. The second-order valence-electron chi connectivity index (χ2n) is 2.91. The Morgan fingerprint density at radius 1 is 1.46 bits per heavy atom. The molecule has 1 aromatic rings. The Bertz CT molecular complexity index is 305. The van der Waals surface area contributed by atoms with Crippen LogP contribution in [0.2, 0.25) is 0 Å². The first-order valence-corrected chi connectivity index (χ1v) is 5.33. The van der Waals surface area contributed by atoms with E-state index in [0.29, 0.717) is 0 Å². The van der Waals surface area contributed by atoms with E-state index in [9.17, 15) is 0 Å². The molecule has 1 N–H and O–H groups in total.